The fraction of sp³-hybridized carbons (Fsp3) is 0.670. The van der Waals surface area contributed by atoms with Crippen molar-refractivity contribution in [2.24, 2.45) is 27.7 Å². The highest BCUT2D eigenvalue weighted by molar-refractivity contribution is 6.02. The van der Waals surface area contributed by atoms with Gasteiger partial charge in [0, 0.05) is 122 Å². The Bertz CT molecular complexity index is 4030. The molecule has 0 spiro atoms. The van der Waals surface area contributed by atoms with Crippen LogP contribution in [0.3, 0.4) is 0 Å². The summed E-state index contributed by atoms with van der Waals surface area (Å²) in [4.78, 5) is 238. The average Bonchev–Trinajstić information content (AvgIpc) is 0.687. The van der Waals surface area contributed by atoms with Gasteiger partial charge in [-0.15, -0.1) is 10.1 Å². The largest absolute Gasteiger partial charge is 0.461 e. The number of rotatable bonds is 46. The lowest BCUT2D eigenvalue weighted by molar-refractivity contribution is -0.199. The normalized spacial score (nSPS) is 19.1. The second-order valence-electron chi connectivity index (χ2n) is 36.7. The SMILES string of the molecule is CC(C)(C)OC(=O)NC(CCC(=O)OCc1ccccc1)C(=O)ON1C(=O)CCC1=O.CCC(=O)C(CCC(=O)OCc1ccccc1)NC(=O)OC(C)(C)C.CCC(=O)C(CCC(=O)ON1C(=O)CCC1=O)NC(=O)OC(C)(C)C.CCC(=O)CCC12CC3(CCC(=O)NC)CC(NC(=O)CCCCCCC(=O)CCC(N)C(=O)CC)(C1)C[C@@](CCC(=O)NC)(C2)C3.CN. The van der Waals surface area contributed by atoms with Crippen LogP contribution in [0.5, 0.6) is 0 Å². The van der Waals surface area contributed by atoms with Crippen molar-refractivity contribution < 1.29 is 124 Å². The minimum Gasteiger partial charge on any atom is -0.461 e. The Kier molecular flexibility index (Phi) is 48.2. The molecule has 726 valence electrons. The van der Waals surface area contributed by atoms with Gasteiger partial charge in [-0.05, 0) is 193 Å². The van der Waals surface area contributed by atoms with E-state index < -0.39 is 112 Å². The molecule has 130 heavy (non-hydrogen) atoms. The molecule has 4 bridgehead atoms. The third-order valence-corrected chi connectivity index (χ3v) is 22.2. The molecule has 36 nitrogen and oxygen atoms in total. The van der Waals surface area contributed by atoms with Gasteiger partial charge < -0.3 is 76.7 Å². The van der Waals surface area contributed by atoms with E-state index in [4.69, 9.17) is 39.1 Å². The number of nitrogens with zero attached hydrogens (tertiary/aromatic N) is 2. The van der Waals surface area contributed by atoms with Gasteiger partial charge in [-0.3, -0.25) is 67.1 Å². The second kappa shape index (κ2) is 55.3. The van der Waals surface area contributed by atoms with E-state index in [-0.39, 0.29) is 153 Å². The highest BCUT2D eigenvalue weighted by Crippen LogP contribution is 2.74. The number of hydrogen-bond donors (Lipinski definition) is 8. The quantitative estimate of drug-likeness (QED) is 0.0132. The minimum absolute atomic E-state index is 0.00323. The van der Waals surface area contributed by atoms with E-state index >= 15 is 0 Å². The maximum absolute atomic E-state index is 13.6. The number of esters is 2. The van der Waals surface area contributed by atoms with Gasteiger partial charge in [-0.2, -0.15) is 0 Å². The number of alkyl carbamates (subject to hydrolysis) is 3. The van der Waals surface area contributed by atoms with E-state index in [0.29, 0.717) is 67.9 Å². The summed E-state index contributed by atoms with van der Waals surface area (Å²) in [5.41, 5.74) is 9.09. The first-order valence-electron chi connectivity index (χ1n) is 45.2. The molecule has 0 aromatic heterocycles. The van der Waals surface area contributed by atoms with Crippen LogP contribution in [0, 0.1) is 16.2 Å². The third kappa shape index (κ3) is 42.8. The number of ketones is 5. The zero-order valence-corrected chi connectivity index (χ0v) is 79.2. The number of amides is 10. The topological polar surface area (TPSA) is 520 Å². The number of imide groups is 2. The number of nitrogens with one attached hydrogen (secondary N) is 6. The zero-order chi connectivity index (χ0) is 97.8. The molecule has 4 saturated carbocycles. The van der Waals surface area contributed by atoms with E-state index in [0.717, 1.165) is 94.6 Å². The predicted molar refractivity (Wildman–Crippen MR) is 477 cm³/mol. The second-order valence-corrected chi connectivity index (χ2v) is 36.7. The van der Waals surface area contributed by atoms with Gasteiger partial charge in [0.2, 0.25) is 17.7 Å². The van der Waals surface area contributed by atoms with Crippen molar-refractivity contribution in [2.45, 2.75) is 368 Å². The van der Waals surface area contributed by atoms with Crippen LogP contribution >= 0.6 is 0 Å². The van der Waals surface area contributed by atoms with Gasteiger partial charge >= 0.3 is 42.2 Å². The van der Waals surface area contributed by atoms with Gasteiger partial charge in [-0.25, -0.2) is 24.0 Å². The number of hydrogen-bond acceptors (Lipinski definition) is 28. The number of carbonyl (C=O) groups excluding carboxylic acids is 19. The van der Waals surface area contributed by atoms with Crippen LogP contribution in [0.1, 0.15) is 319 Å². The summed E-state index contributed by atoms with van der Waals surface area (Å²) < 4.78 is 25.7. The number of benzene rings is 2. The van der Waals surface area contributed by atoms with Crippen LogP contribution in [-0.2, 0) is 123 Å². The highest BCUT2D eigenvalue weighted by atomic mass is 16.7. The Morgan fingerprint density at radius 2 is 0.746 bits per heavy atom. The summed E-state index contributed by atoms with van der Waals surface area (Å²) in [6, 6.07) is 14.8. The maximum Gasteiger partial charge on any atom is 0.408 e. The van der Waals surface area contributed by atoms with E-state index in [9.17, 15) is 91.1 Å². The third-order valence-electron chi connectivity index (χ3n) is 22.2. The monoisotopic (exact) mass is 1830 g/mol. The van der Waals surface area contributed by atoms with Crippen LogP contribution in [0.2, 0.25) is 0 Å². The van der Waals surface area contributed by atoms with Crippen molar-refractivity contribution in [2.75, 3.05) is 21.1 Å². The Balaban J connectivity index is 0.000000461. The number of unbranched alkanes of at least 4 members (excludes halogenated alkanes) is 3. The maximum atomic E-state index is 13.6. The van der Waals surface area contributed by atoms with Crippen LogP contribution in [0.4, 0.5) is 14.4 Å². The molecule has 2 aromatic rings. The molecule has 4 aliphatic carbocycles. The smallest absolute Gasteiger partial charge is 0.408 e. The molecule has 10 N–H and O–H groups in total. The summed E-state index contributed by atoms with van der Waals surface area (Å²) in [7, 11) is 4.83. The van der Waals surface area contributed by atoms with E-state index in [2.05, 4.69) is 37.6 Å². The lowest BCUT2D eigenvalue weighted by atomic mass is 9.35. The first-order chi connectivity index (χ1) is 61.0. The van der Waals surface area contributed by atoms with E-state index in [1.807, 2.05) is 43.3 Å². The lowest BCUT2D eigenvalue weighted by Gasteiger charge is -2.71. The van der Waals surface area contributed by atoms with Crippen LogP contribution < -0.4 is 43.4 Å². The number of carbonyl (C=O) groups is 19. The Labute approximate surface area is 764 Å². The van der Waals surface area contributed by atoms with Crippen LogP contribution in [0.25, 0.3) is 0 Å². The number of Topliss-reactive ketones (excluding diaryl/α,β-unsaturated/α-hetero) is 5. The molecule has 2 aromatic carbocycles. The van der Waals surface area contributed by atoms with Gasteiger partial charge in [0.05, 0.1) is 24.5 Å². The molecular formula is C94H144N10O26. The van der Waals surface area contributed by atoms with Crippen molar-refractivity contribution in [3.8, 4) is 0 Å². The molecule has 7 unspecified atom stereocenters. The summed E-state index contributed by atoms with van der Waals surface area (Å²) >= 11 is 0. The molecule has 36 heteroatoms. The standard InChI is InChI=1S/C37H62N4O6.C21H26N2O8.C19H27NO5.C16H24N2O7.CH5N/c1-5-27(42)15-18-34-21-35(19-16-31(45)39-3)23-36(22-34,20-17-32(46)40-4)26-37(24-34,25-35)41-33(47)12-10-8-7-9-11-28(43)13-14-29(38)30(44)6-2;1-21(2,3)30-20(28)22-15(19(27)31-23-16(24)10-11-17(23)25)9-12-18(26)29-13-14-7-5-4-6-8-14;1-5-16(21)15(20-18(23)25-19(2,3)4)11-12-17(22)24-13-14-9-7-6-8-10-14;1-5-11(19)10(17-15(23)24-16(2,3)4)6-9-14(22)25-18-12(20)7-8-13(18)21;1-2/h29H,5-26,38H2,1-4H3,(H,39,45)(H,40,46)(H,41,47);4-8,15H,9-13H2,1-3H3,(H,22,28);6-10,15H,5,11-13H2,1-4H3,(H,20,23);10H,5-9H2,1-4H3,(H,17,23);2H2,1H3/t29?,34?,35-,36?,37?;;;;/m0..../s1. The molecule has 10 amide bonds. The average molecular weight is 1830 g/mol. The van der Waals surface area contributed by atoms with Gasteiger partial charge in [-0.1, -0.05) is 101 Å². The van der Waals surface area contributed by atoms with E-state index in [1.165, 1.54) is 7.05 Å². The first-order valence-corrected chi connectivity index (χ1v) is 45.2. The summed E-state index contributed by atoms with van der Waals surface area (Å²) in [6.07, 6.45) is 12.4. The summed E-state index contributed by atoms with van der Waals surface area (Å²) in [6.45, 7) is 22.5. The van der Waals surface area contributed by atoms with Crippen LogP contribution in [0.15, 0.2) is 60.7 Å². The molecule has 6 fully saturated rings. The van der Waals surface area contributed by atoms with Crippen molar-refractivity contribution in [3.63, 3.8) is 0 Å². The fourth-order valence-corrected chi connectivity index (χ4v) is 16.7. The molecule has 2 aliphatic heterocycles. The Morgan fingerprint density at radius 1 is 0.392 bits per heavy atom. The molecular weight excluding hydrogens is 1690 g/mol. The molecule has 2 saturated heterocycles. The van der Waals surface area contributed by atoms with Gasteiger partial charge in [0.1, 0.15) is 53.4 Å². The Hall–Kier alpha value is -10.9. The number of ether oxygens (including phenoxy) is 5. The van der Waals surface area contributed by atoms with Crippen molar-refractivity contribution in [3.05, 3.63) is 71.8 Å². The van der Waals surface area contributed by atoms with Crippen molar-refractivity contribution >= 4 is 112 Å². The highest BCUT2D eigenvalue weighted by Gasteiger charge is 2.68. The first kappa shape index (κ1) is 113. The Morgan fingerprint density at radius 3 is 1.12 bits per heavy atom. The van der Waals surface area contributed by atoms with Crippen molar-refractivity contribution in [1.82, 2.24) is 42.0 Å². The number of hydroxylamine groups is 4. The summed E-state index contributed by atoms with van der Waals surface area (Å²) in [5.74, 6) is -5.33. The predicted octanol–water partition coefficient (Wildman–Crippen LogP) is 11.2. The molecule has 8 rings (SSSR count). The number of nitrogens with two attached hydrogens (primary N) is 2. The lowest BCUT2D eigenvalue weighted by Crippen LogP contribution is -2.69. The van der Waals surface area contributed by atoms with Gasteiger partial charge in [0.15, 0.2) is 11.6 Å². The van der Waals surface area contributed by atoms with Crippen LogP contribution in [-0.4, -0.2) is 190 Å². The van der Waals surface area contributed by atoms with Gasteiger partial charge in [0.25, 0.3) is 23.6 Å². The fourth-order valence-electron chi connectivity index (χ4n) is 16.7. The minimum atomic E-state index is -1.33. The molecule has 2 heterocycles. The zero-order valence-electron chi connectivity index (χ0n) is 79.2. The molecule has 8 atom stereocenters. The van der Waals surface area contributed by atoms with E-state index in [1.54, 1.807) is 121 Å². The van der Waals surface area contributed by atoms with Crippen molar-refractivity contribution in [1.29, 1.82) is 0 Å². The molecule has 0 radical (unpaired) electrons. The summed E-state index contributed by atoms with van der Waals surface area (Å²) in [5, 5.41) is 17.2. The molecule has 6 aliphatic rings.